The van der Waals surface area contributed by atoms with Crippen molar-refractivity contribution in [1.82, 2.24) is 0 Å². The highest BCUT2D eigenvalue weighted by atomic mass is 19.4. The molecule has 0 aliphatic rings. The second-order valence-corrected chi connectivity index (χ2v) is 3.21. The molecule has 4 nitrogen and oxygen atoms in total. The summed E-state index contributed by atoms with van der Waals surface area (Å²) in [7, 11) is 0. The summed E-state index contributed by atoms with van der Waals surface area (Å²) < 4.78 is 37.2. The maximum absolute atomic E-state index is 12.4. The van der Waals surface area contributed by atoms with Gasteiger partial charge in [0.25, 0.3) is 0 Å². The van der Waals surface area contributed by atoms with Crippen LogP contribution in [0.3, 0.4) is 0 Å². The molecule has 0 fully saturated rings. The van der Waals surface area contributed by atoms with Crippen molar-refractivity contribution in [3.8, 4) is 0 Å². The Bertz CT molecular complexity index is 406. The number of carboxylic acid groups (broad SMARTS) is 1. The first kappa shape index (κ1) is 13.3. The molecule has 1 rings (SSSR count). The number of benzene rings is 1. The summed E-state index contributed by atoms with van der Waals surface area (Å²) in [5.41, 5.74) is -1.06. The van der Waals surface area contributed by atoms with Gasteiger partial charge in [0.2, 0.25) is 0 Å². The van der Waals surface area contributed by atoms with Gasteiger partial charge in [-0.1, -0.05) is 6.07 Å². The van der Waals surface area contributed by atoms with Crippen LogP contribution in [0, 0.1) is 0 Å². The normalized spacial score (nSPS) is 11.3. The predicted molar refractivity (Wildman–Crippen MR) is 53.9 cm³/mol. The van der Waals surface area contributed by atoms with Crippen molar-refractivity contribution in [2.75, 3.05) is 18.1 Å². The molecule has 1 amide bonds. The fraction of sp³-hybridized carbons (Fsp3) is 0.300. The van der Waals surface area contributed by atoms with E-state index < -0.39 is 24.4 Å². The number of carbonyl (C=O) groups is 1. The van der Waals surface area contributed by atoms with Gasteiger partial charge >= 0.3 is 12.3 Å². The number of alkyl halides is 3. The molecule has 0 aromatic heterocycles. The van der Waals surface area contributed by atoms with E-state index in [0.717, 1.165) is 18.2 Å². The van der Waals surface area contributed by atoms with Crippen molar-refractivity contribution in [2.45, 2.75) is 6.18 Å². The Morgan fingerprint density at radius 2 is 2.00 bits per heavy atom. The Balaban J connectivity index is 3.08. The Hall–Kier alpha value is -1.76. The highest BCUT2D eigenvalue weighted by Gasteiger charge is 2.31. The molecule has 0 atom stereocenters. The Labute approximate surface area is 94.9 Å². The van der Waals surface area contributed by atoms with Crippen molar-refractivity contribution in [2.24, 2.45) is 0 Å². The zero-order valence-corrected chi connectivity index (χ0v) is 8.61. The minimum absolute atomic E-state index is 0.124. The molecule has 17 heavy (non-hydrogen) atoms. The SMILES string of the molecule is O=C(O)N(CCO)c1cccc(C(F)(F)F)c1. The van der Waals surface area contributed by atoms with Gasteiger partial charge in [-0.15, -0.1) is 0 Å². The minimum atomic E-state index is -4.53. The van der Waals surface area contributed by atoms with Crippen LogP contribution >= 0.6 is 0 Å². The fourth-order valence-corrected chi connectivity index (χ4v) is 1.29. The molecule has 2 N–H and O–H groups in total. The van der Waals surface area contributed by atoms with Crippen LogP contribution < -0.4 is 4.90 Å². The number of hydrogen-bond donors (Lipinski definition) is 2. The van der Waals surface area contributed by atoms with E-state index in [1.54, 1.807) is 0 Å². The van der Waals surface area contributed by atoms with Crippen LogP contribution in [0.2, 0.25) is 0 Å². The predicted octanol–water partition coefficient (Wildman–Crippen LogP) is 2.18. The Morgan fingerprint density at radius 3 is 2.47 bits per heavy atom. The van der Waals surface area contributed by atoms with Crippen LogP contribution in [0.5, 0.6) is 0 Å². The second kappa shape index (κ2) is 5.05. The van der Waals surface area contributed by atoms with Crippen molar-refractivity contribution < 1.29 is 28.2 Å². The summed E-state index contributed by atoms with van der Waals surface area (Å²) in [6, 6.07) is 3.93. The molecule has 0 aliphatic heterocycles. The Morgan fingerprint density at radius 1 is 1.35 bits per heavy atom. The molecule has 0 radical (unpaired) electrons. The third kappa shape index (κ3) is 3.35. The zero-order valence-electron chi connectivity index (χ0n) is 8.61. The third-order valence-electron chi connectivity index (χ3n) is 2.04. The standard InChI is InChI=1S/C10H10F3NO3/c11-10(12,13)7-2-1-3-8(6-7)14(4-5-15)9(16)17/h1-3,6,15H,4-5H2,(H,16,17). The number of rotatable bonds is 3. The summed E-state index contributed by atoms with van der Waals surface area (Å²) in [5, 5.41) is 17.4. The number of amides is 1. The molecule has 1 aromatic carbocycles. The first-order chi connectivity index (χ1) is 7.86. The van der Waals surface area contributed by atoms with Gasteiger partial charge in [0.1, 0.15) is 0 Å². The second-order valence-electron chi connectivity index (χ2n) is 3.21. The van der Waals surface area contributed by atoms with Gasteiger partial charge in [0.15, 0.2) is 0 Å². The molecular weight excluding hydrogens is 239 g/mol. The summed E-state index contributed by atoms with van der Waals surface area (Å²) in [4.78, 5) is 11.4. The molecule has 0 heterocycles. The Kier molecular flexibility index (Phi) is 3.95. The van der Waals surface area contributed by atoms with Gasteiger partial charge in [-0.3, -0.25) is 4.90 Å². The number of nitrogens with zero attached hydrogens (tertiary/aromatic N) is 1. The molecule has 94 valence electrons. The van der Waals surface area contributed by atoms with Crippen molar-refractivity contribution in [1.29, 1.82) is 0 Å². The average Bonchev–Trinajstić information content (AvgIpc) is 2.24. The number of hydrogen-bond acceptors (Lipinski definition) is 2. The zero-order chi connectivity index (χ0) is 13.1. The van der Waals surface area contributed by atoms with Gasteiger partial charge in [0, 0.05) is 5.69 Å². The van der Waals surface area contributed by atoms with E-state index in [9.17, 15) is 18.0 Å². The average molecular weight is 249 g/mol. The number of halogens is 3. The van der Waals surface area contributed by atoms with Crippen LogP contribution in [0.4, 0.5) is 23.7 Å². The molecule has 0 bridgehead atoms. The third-order valence-corrected chi connectivity index (χ3v) is 2.04. The first-order valence-corrected chi connectivity index (χ1v) is 4.65. The van der Waals surface area contributed by atoms with E-state index in [1.165, 1.54) is 6.07 Å². The molecule has 1 aromatic rings. The van der Waals surface area contributed by atoms with Crippen LogP contribution in [0.15, 0.2) is 24.3 Å². The van der Waals surface area contributed by atoms with Crippen molar-refractivity contribution >= 4 is 11.8 Å². The molecule has 7 heteroatoms. The quantitative estimate of drug-likeness (QED) is 0.863. The lowest BCUT2D eigenvalue weighted by Crippen LogP contribution is -2.32. The maximum atomic E-state index is 12.4. The minimum Gasteiger partial charge on any atom is -0.465 e. The van der Waals surface area contributed by atoms with E-state index in [2.05, 4.69) is 0 Å². The summed E-state index contributed by atoms with van der Waals surface area (Å²) >= 11 is 0. The first-order valence-electron chi connectivity index (χ1n) is 4.65. The number of anilines is 1. The van der Waals surface area contributed by atoms with E-state index in [-0.39, 0.29) is 12.2 Å². The van der Waals surface area contributed by atoms with Gasteiger partial charge in [-0.05, 0) is 18.2 Å². The lowest BCUT2D eigenvalue weighted by atomic mass is 10.2. The molecular formula is C10H10F3NO3. The van der Waals surface area contributed by atoms with Gasteiger partial charge in [-0.25, -0.2) is 4.79 Å². The van der Waals surface area contributed by atoms with Crippen LogP contribution in [-0.4, -0.2) is 29.5 Å². The van der Waals surface area contributed by atoms with E-state index in [0.29, 0.717) is 4.90 Å². The van der Waals surface area contributed by atoms with Crippen LogP contribution in [0.25, 0.3) is 0 Å². The highest BCUT2D eigenvalue weighted by molar-refractivity contribution is 5.86. The molecule has 0 saturated heterocycles. The summed E-state index contributed by atoms with van der Waals surface area (Å²) in [6.07, 6.45) is -5.95. The van der Waals surface area contributed by atoms with Gasteiger partial charge < -0.3 is 10.2 Å². The van der Waals surface area contributed by atoms with E-state index in [4.69, 9.17) is 10.2 Å². The number of aliphatic hydroxyl groups is 1. The van der Waals surface area contributed by atoms with Crippen LogP contribution in [0.1, 0.15) is 5.56 Å². The molecule has 0 aliphatic carbocycles. The van der Waals surface area contributed by atoms with Crippen LogP contribution in [-0.2, 0) is 6.18 Å². The lowest BCUT2D eigenvalue weighted by Gasteiger charge is -2.19. The van der Waals surface area contributed by atoms with Gasteiger partial charge in [-0.2, -0.15) is 13.2 Å². The topological polar surface area (TPSA) is 60.8 Å². The largest absolute Gasteiger partial charge is 0.465 e. The monoisotopic (exact) mass is 249 g/mol. The number of aliphatic hydroxyl groups excluding tert-OH is 1. The molecule has 0 spiro atoms. The summed E-state index contributed by atoms with van der Waals surface area (Å²) in [6.45, 7) is -0.751. The maximum Gasteiger partial charge on any atom is 0.416 e. The molecule has 0 unspecified atom stereocenters. The summed E-state index contributed by atoms with van der Waals surface area (Å²) in [5.74, 6) is 0. The lowest BCUT2D eigenvalue weighted by molar-refractivity contribution is -0.137. The van der Waals surface area contributed by atoms with E-state index >= 15 is 0 Å². The smallest absolute Gasteiger partial charge is 0.416 e. The van der Waals surface area contributed by atoms with Crippen molar-refractivity contribution in [3.63, 3.8) is 0 Å². The molecule has 0 saturated carbocycles. The van der Waals surface area contributed by atoms with Crippen molar-refractivity contribution in [3.05, 3.63) is 29.8 Å². The fourth-order valence-electron chi connectivity index (χ4n) is 1.29. The van der Waals surface area contributed by atoms with Gasteiger partial charge in [0.05, 0.1) is 18.7 Å². The highest BCUT2D eigenvalue weighted by Crippen LogP contribution is 2.31. The van der Waals surface area contributed by atoms with E-state index in [1.807, 2.05) is 0 Å².